The van der Waals surface area contributed by atoms with Gasteiger partial charge < -0.3 is 9.84 Å². The quantitative estimate of drug-likeness (QED) is 0.933. The van der Waals surface area contributed by atoms with Gasteiger partial charge in [0.05, 0.1) is 5.56 Å². The first-order valence-corrected chi connectivity index (χ1v) is 6.61. The van der Waals surface area contributed by atoms with Gasteiger partial charge in [-0.3, -0.25) is 0 Å². The molecule has 1 N–H and O–H groups in total. The third kappa shape index (κ3) is 3.56. The molecule has 0 bridgehead atoms. The lowest BCUT2D eigenvalue weighted by atomic mass is 9.86. The standard InChI is InChI=1S/C16H18N2O3/c1-10-5-6-12(16(2,3)4)13(7-10)21-15-17-8-11(9-18-15)14(19)20/h5-9H,1-4H3,(H,19,20). The van der Waals surface area contributed by atoms with Crippen molar-refractivity contribution in [3.63, 3.8) is 0 Å². The molecule has 2 rings (SSSR count). The first-order valence-electron chi connectivity index (χ1n) is 6.61. The largest absolute Gasteiger partial charge is 0.478 e. The number of benzene rings is 1. The Balaban J connectivity index is 2.34. The Bertz CT molecular complexity index is 658. The van der Waals surface area contributed by atoms with Gasteiger partial charge >= 0.3 is 12.0 Å². The first kappa shape index (κ1) is 15.0. The molecule has 0 fully saturated rings. The fourth-order valence-corrected chi connectivity index (χ4v) is 1.91. The van der Waals surface area contributed by atoms with Crippen molar-refractivity contribution in [3.8, 4) is 11.8 Å². The summed E-state index contributed by atoms with van der Waals surface area (Å²) < 4.78 is 5.74. The van der Waals surface area contributed by atoms with E-state index in [2.05, 4.69) is 30.7 Å². The Morgan fingerprint density at radius 1 is 1.19 bits per heavy atom. The fraction of sp³-hybridized carbons (Fsp3) is 0.312. The molecule has 110 valence electrons. The van der Waals surface area contributed by atoms with E-state index in [1.54, 1.807) is 0 Å². The van der Waals surface area contributed by atoms with Gasteiger partial charge in [-0.15, -0.1) is 0 Å². The highest BCUT2D eigenvalue weighted by molar-refractivity contribution is 5.86. The molecular formula is C16H18N2O3. The lowest BCUT2D eigenvalue weighted by Crippen LogP contribution is -2.13. The Labute approximate surface area is 123 Å². The molecular weight excluding hydrogens is 268 g/mol. The summed E-state index contributed by atoms with van der Waals surface area (Å²) in [5.41, 5.74) is 2.06. The Morgan fingerprint density at radius 3 is 2.33 bits per heavy atom. The van der Waals surface area contributed by atoms with Gasteiger partial charge in [-0.05, 0) is 24.0 Å². The number of carbonyl (C=O) groups is 1. The van der Waals surface area contributed by atoms with Gasteiger partial charge in [0.2, 0.25) is 0 Å². The van der Waals surface area contributed by atoms with Crippen LogP contribution < -0.4 is 4.74 Å². The lowest BCUT2D eigenvalue weighted by molar-refractivity contribution is 0.0696. The molecule has 1 aromatic carbocycles. The van der Waals surface area contributed by atoms with E-state index in [0.717, 1.165) is 11.1 Å². The smallest absolute Gasteiger partial charge is 0.338 e. The second kappa shape index (κ2) is 5.52. The van der Waals surface area contributed by atoms with Crippen LogP contribution in [0.25, 0.3) is 0 Å². The van der Waals surface area contributed by atoms with Crippen LogP contribution in [0.4, 0.5) is 0 Å². The summed E-state index contributed by atoms with van der Waals surface area (Å²) in [6.45, 7) is 8.27. The zero-order valence-electron chi connectivity index (χ0n) is 12.5. The highest BCUT2D eigenvalue weighted by Gasteiger charge is 2.20. The summed E-state index contributed by atoms with van der Waals surface area (Å²) in [4.78, 5) is 18.6. The highest BCUT2D eigenvalue weighted by Crippen LogP contribution is 2.33. The van der Waals surface area contributed by atoms with Crippen molar-refractivity contribution in [1.29, 1.82) is 0 Å². The molecule has 5 nitrogen and oxygen atoms in total. The van der Waals surface area contributed by atoms with Crippen molar-refractivity contribution < 1.29 is 14.6 Å². The molecule has 5 heteroatoms. The molecule has 0 amide bonds. The summed E-state index contributed by atoms with van der Waals surface area (Å²) in [6, 6.07) is 6.11. The first-order chi connectivity index (χ1) is 9.77. The second-order valence-electron chi connectivity index (χ2n) is 5.91. The normalized spacial score (nSPS) is 11.2. The number of aryl methyl sites for hydroxylation is 1. The molecule has 0 atom stereocenters. The number of rotatable bonds is 3. The highest BCUT2D eigenvalue weighted by atomic mass is 16.5. The van der Waals surface area contributed by atoms with E-state index in [9.17, 15) is 4.79 Å². The molecule has 0 aliphatic carbocycles. The van der Waals surface area contributed by atoms with E-state index in [-0.39, 0.29) is 17.0 Å². The van der Waals surface area contributed by atoms with E-state index in [4.69, 9.17) is 9.84 Å². The number of aromatic carboxylic acids is 1. The topological polar surface area (TPSA) is 72.3 Å². The summed E-state index contributed by atoms with van der Waals surface area (Å²) in [5.74, 6) is -0.377. The Kier molecular flexibility index (Phi) is 3.93. The van der Waals surface area contributed by atoms with Crippen LogP contribution in [0.15, 0.2) is 30.6 Å². The average molecular weight is 286 g/mol. The van der Waals surface area contributed by atoms with E-state index >= 15 is 0 Å². The van der Waals surface area contributed by atoms with Crippen LogP contribution in [0.3, 0.4) is 0 Å². The summed E-state index contributed by atoms with van der Waals surface area (Å²) in [6.07, 6.45) is 2.47. The minimum Gasteiger partial charge on any atom is -0.478 e. The van der Waals surface area contributed by atoms with Crippen molar-refractivity contribution in [3.05, 3.63) is 47.3 Å². The van der Waals surface area contributed by atoms with Crippen molar-refractivity contribution in [2.75, 3.05) is 0 Å². The number of ether oxygens (including phenoxy) is 1. The number of hydrogen-bond donors (Lipinski definition) is 1. The number of hydrogen-bond acceptors (Lipinski definition) is 4. The van der Waals surface area contributed by atoms with Crippen LogP contribution in [0.1, 0.15) is 42.3 Å². The molecule has 0 spiro atoms. The molecule has 0 aliphatic heterocycles. The van der Waals surface area contributed by atoms with Crippen LogP contribution in [-0.2, 0) is 5.41 Å². The van der Waals surface area contributed by atoms with Crippen molar-refractivity contribution in [1.82, 2.24) is 9.97 Å². The van der Waals surface area contributed by atoms with Crippen LogP contribution in [0, 0.1) is 6.92 Å². The van der Waals surface area contributed by atoms with Crippen LogP contribution >= 0.6 is 0 Å². The minimum absolute atomic E-state index is 0.0302. The lowest BCUT2D eigenvalue weighted by Gasteiger charge is -2.22. The van der Waals surface area contributed by atoms with Gasteiger partial charge in [-0.25, -0.2) is 14.8 Å². The molecule has 2 aromatic rings. The maximum Gasteiger partial charge on any atom is 0.338 e. The van der Waals surface area contributed by atoms with E-state index in [1.807, 2.05) is 25.1 Å². The van der Waals surface area contributed by atoms with Gasteiger partial charge in [-0.1, -0.05) is 32.9 Å². The Hall–Kier alpha value is -2.43. The minimum atomic E-state index is -1.06. The average Bonchev–Trinajstić information content (AvgIpc) is 2.38. The van der Waals surface area contributed by atoms with E-state index in [1.165, 1.54) is 12.4 Å². The molecule has 0 saturated carbocycles. The molecule has 0 radical (unpaired) electrons. The predicted octanol–water partition coefficient (Wildman–Crippen LogP) is 3.57. The number of nitrogens with zero attached hydrogens (tertiary/aromatic N) is 2. The molecule has 21 heavy (non-hydrogen) atoms. The fourth-order valence-electron chi connectivity index (χ4n) is 1.91. The molecule has 0 unspecified atom stereocenters. The molecule has 0 aliphatic rings. The maximum atomic E-state index is 10.8. The zero-order chi connectivity index (χ0) is 15.6. The third-order valence-electron chi connectivity index (χ3n) is 3.02. The second-order valence-corrected chi connectivity index (χ2v) is 5.91. The Morgan fingerprint density at radius 2 is 1.81 bits per heavy atom. The zero-order valence-corrected chi connectivity index (χ0v) is 12.5. The van der Waals surface area contributed by atoms with Crippen molar-refractivity contribution in [2.24, 2.45) is 0 Å². The summed E-state index contributed by atoms with van der Waals surface area (Å²) in [5, 5.41) is 8.83. The third-order valence-corrected chi connectivity index (χ3v) is 3.02. The van der Waals surface area contributed by atoms with E-state index < -0.39 is 5.97 Å². The van der Waals surface area contributed by atoms with E-state index in [0.29, 0.717) is 5.75 Å². The number of aromatic nitrogens is 2. The van der Waals surface area contributed by atoms with Gasteiger partial charge in [0, 0.05) is 18.0 Å². The van der Waals surface area contributed by atoms with Crippen molar-refractivity contribution in [2.45, 2.75) is 33.1 Å². The number of carboxylic acids is 1. The van der Waals surface area contributed by atoms with Gasteiger partial charge in [0.25, 0.3) is 0 Å². The summed E-state index contributed by atoms with van der Waals surface area (Å²) in [7, 11) is 0. The van der Waals surface area contributed by atoms with Crippen LogP contribution in [-0.4, -0.2) is 21.0 Å². The maximum absolute atomic E-state index is 10.8. The van der Waals surface area contributed by atoms with Gasteiger partial charge in [0.15, 0.2) is 0 Å². The molecule has 0 saturated heterocycles. The van der Waals surface area contributed by atoms with Gasteiger partial charge in [-0.2, -0.15) is 0 Å². The van der Waals surface area contributed by atoms with Gasteiger partial charge in [0.1, 0.15) is 5.75 Å². The van der Waals surface area contributed by atoms with Crippen LogP contribution in [0.5, 0.6) is 11.8 Å². The monoisotopic (exact) mass is 286 g/mol. The number of carboxylic acid groups (broad SMARTS) is 1. The SMILES string of the molecule is Cc1ccc(C(C)(C)C)c(Oc2ncc(C(=O)O)cn2)c1. The molecule has 1 heterocycles. The van der Waals surface area contributed by atoms with Crippen LogP contribution in [0.2, 0.25) is 0 Å². The predicted molar refractivity (Wildman–Crippen MR) is 78.9 cm³/mol. The van der Waals surface area contributed by atoms with Crippen molar-refractivity contribution >= 4 is 5.97 Å². The molecule has 1 aromatic heterocycles. The summed E-state index contributed by atoms with van der Waals surface area (Å²) >= 11 is 0.